The van der Waals surface area contributed by atoms with Crippen LogP contribution in [0.3, 0.4) is 0 Å². The molecule has 0 radical (unpaired) electrons. The van der Waals surface area contributed by atoms with Gasteiger partial charge >= 0.3 is 0 Å². The zero-order valence-corrected chi connectivity index (χ0v) is 17.1. The summed E-state index contributed by atoms with van der Waals surface area (Å²) in [6.45, 7) is 1.32. The average Bonchev–Trinajstić information content (AvgIpc) is 3.09. The molecule has 1 aliphatic rings. The van der Waals surface area contributed by atoms with Crippen molar-refractivity contribution >= 4 is 18.3 Å². The second-order valence-corrected chi connectivity index (χ2v) is 7.13. The van der Waals surface area contributed by atoms with Gasteiger partial charge in [0.1, 0.15) is 11.5 Å². The fraction of sp³-hybridized carbons (Fsp3) is 0.286. The zero-order chi connectivity index (χ0) is 19.7. The van der Waals surface area contributed by atoms with Crippen LogP contribution in [0, 0.1) is 5.82 Å². The Balaban J connectivity index is 0.00000240. The van der Waals surface area contributed by atoms with E-state index < -0.39 is 0 Å². The van der Waals surface area contributed by atoms with E-state index in [0.29, 0.717) is 19.5 Å². The topological polar surface area (TPSA) is 63.1 Å². The van der Waals surface area contributed by atoms with Crippen LogP contribution in [0.1, 0.15) is 18.2 Å². The summed E-state index contributed by atoms with van der Waals surface area (Å²) >= 11 is 0. The van der Waals surface area contributed by atoms with Crippen LogP contribution in [0.4, 0.5) is 4.39 Å². The number of hydrogen-bond donors (Lipinski definition) is 1. The summed E-state index contributed by atoms with van der Waals surface area (Å²) in [5, 5.41) is 8.30. The quantitative estimate of drug-likeness (QED) is 0.710. The van der Waals surface area contributed by atoms with Crippen molar-refractivity contribution in [3.63, 3.8) is 0 Å². The van der Waals surface area contributed by atoms with Gasteiger partial charge in [0, 0.05) is 50.7 Å². The van der Waals surface area contributed by atoms with E-state index in [0.717, 1.165) is 28.1 Å². The number of pyridine rings is 1. The highest BCUT2D eigenvalue weighted by Crippen LogP contribution is 2.37. The Labute approximate surface area is 175 Å². The number of rotatable bonds is 4. The number of halogens is 2. The molecule has 3 aromatic rings. The monoisotopic (exact) mass is 415 g/mol. The standard InChI is InChI=1S/C21H22FN5O.ClH/c1-26(2)19(28)11-17-12-24-13-18-20(14-7-9-23-10-8-14)21(25-27(17)18)15-3-5-16(22)6-4-15;/h3-10,17,24H,11-13H2,1-2H3;1H. The Kier molecular flexibility index (Phi) is 6.30. The van der Waals surface area contributed by atoms with Crippen LogP contribution < -0.4 is 5.32 Å². The summed E-state index contributed by atoms with van der Waals surface area (Å²) < 4.78 is 15.4. The van der Waals surface area contributed by atoms with E-state index in [1.54, 1.807) is 43.5 Å². The lowest BCUT2D eigenvalue weighted by Crippen LogP contribution is -2.37. The third-order valence-corrected chi connectivity index (χ3v) is 5.02. The summed E-state index contributed by atoms with van der Waals surface area (Å²) in [5.41, 5.74) is 4.63. The van der Waals surface area contributed by atoms with Crippen molar-refractivity contribution in [3.8, 4) is 22.4 Å². The number of aromatic nitrogens is 3. The second-order valence-electron chi connectivity index (χ2n) is 7.13. The van der Waals surface area contributed by atoms with E-state index in [-0.39, 0.29) is 30.2 Å². The predicted octanol–water partition coefficient (Wildman–Crippen LogP) is 3.30. The summed E-state index contributed by atoms with van der Waals surface area (Å²) in [5.74, 6) is -0.224. The normalized spacial score (nSPS) is 15.3. The van der Waals surface area contributed by atoms with Gasteiger partial charge in [-0.2, -0.15) is 5.10 Å². The number of nitrogens with one attached hydrogen (secondary N) is 1. The molecule has 2 aromatic heterocycles. The lowest BCUT2D eigenvalue weighted by Gasteiger charge is -2.26. The first-order valence-corrected chi connectivity index (χ1v) is 9.23. The number of carbonyl (C=O) groups is 1. The second kappa shape index (κ2) is 8.71. The van der Waals surface area contributed by atoms with Gasteiger partial charge in [0.25, 0.3) is 0 Å². The Morgan fingerprint density at radius 1 is 1.17 bits per heavy atom. The molecule has 0 bridgehead atoms. The Hall–Kier alpha value is -2.77. The first-order chi connectivity index (χ1) is 13.5. The molecule has 8 heteroatoms. The van der Waals surface area contributed by atoms with Gasteiger partial charge in [-0.3, -0.25) is 14.5 Å². The third-order valence-electron chi connectivity index (χ3n) is 5.02. The highest BCUT2D eigenvalue weighted by atomic mass is 35.5. The minimum absolute atomic E-state index is 0. The molecular formula is C21H23ClFN5O. The van der Waals surface area contributed by atoms with E-state index >= 15 is 0 Å². The van der Waals surface area contributed by atoms with E-state index in [4.69, 9.17) is 5.10 Å². The Morgan fingerprint density at radius 2 is 1.86 bits per heavy atom. The molecule has 4 rings (SSSR count). The number of benzene rings is 1. The highest BCUT2D eigenvalue weighted by Gasteiger charge is 2.29. The fourth-order valence-electron chi connectivity index (χ4n) is 3.56. The Morgan fingerprint density at radius 3 is 2.52 bits per heavy atom. The highest BCUT2D eigenvalue weighted by molar-refractivity contribution is 5.85. The van der Waals surface area contributed by atoms with Crippen molar-refractivity contribution in [2.24, 2.45) is 0 Å². The van der Waals surface area contributed by atoms with Gasteiger partial charge in [0.05, 0.1) is 18.2 Å². The number of amides is 1. The fourth-order valence-corrected chi connectivity index (χ4v) is 3.56. The molecule has 0 saturated carbocycles. The molecule has 29 heavy (non-hydrogen) atoms. The maximum Gasteiger partial charge on any atom is 0.224 e. The maximum absolute atomic E-state index is 13.4. The zero-order valence-electron chi connectivity index (χ0n) is 16.3. The molecule has 6 nitrogen and oxygen atoms in total. The molecule has 0 aliphatic carbocycles. The minimum atomic E-state index is -0.283. The minimum Gasteiger partial charge on any atom is -0.349 e. The lowest BCUT2D eigenvalue weighted by molar-refractivity contribution is -0.129. The first kappa shape index (κ1) is 21.0. The summed E-state index contributed by atoms with van der Waals surface area (Å²) in [4.78, 5) is 18.0. The van der Waals surface area contributed by atoms with Crippen LogP contribution in [0.5, 0.6) is 0 Å². The summed E-state index contributed by atoms with van der Waals surface area (Å²) in [6.07, 6.45) is 3.86. The maximum atomic E-state index is 13.4. The molecule has 0 spiro atoms. The largest absolute Gasteiger partial charge is 0.349 e. The molecule has 0 fully saturated rings. The Bertz CT molecular complexity index is 988. The van der Waals surface area contributed by atoms with Crippen molar-refractivity contribution in [1.29, 1.82) is 0 Å². The van der Waals surface area contributed by atoms with Crippen LogP contribution in [0.25, 0.3) is 22.4 Å². The molecule has 1 N–H and O–H groups in total. The number of nitrogens with zero attached hydrogens (tertiary/aromatic N) is 4. The molecular weight excluding hydrogens is 393 g/mol. The van der Waals surface area contributed by atoms with Crippen LogP contribution >= 0.6 is 12.4 Å². The van der Waals surface area contributed by atoms with Gasteiger partial charge in [-0.1, -0.05) is 0 Å². The molecule has 1 atom stereocenters. The molecule has 0 saturated heterocycles. The lowest BCUT2D eigenvalue weighted by atomic mass is 9.98. The molecule has 1 amide bonds. The SMILES string of the molecule is CN(C)C(=O)CC1CNCc2c(-c3ccncc3)c(-c3ccc(F)cc3)nn21.Cl. The number of hydrogen-bond acceptors (Lipinski definition) is 4. The van der Waals surface area contributed by atoms with E-state index in [2.05, 4.69) is 10.3 Å². The van der Waals surface area contributed by atoms with Crippen molar-refractivity contribution < 1.29 is 9.18 Å². The molecule has 3 heterocycles. The van der Waals surface area contributed by atoms with Crippen LogP contribution in [-0.4, -0.2) is 46.2 Å². The van der Waals surface area contributed by atoms with E-state index in [1.807, 2.05) is 16.8 Å². The smallest absolute Gasteiger partial charge is 0.224 e. The van der Waals surface area contributed by atoms with E-state index in [1.165, 1.54) is 12.1 Å². The van der Waals surface area contributed by atoms with Gasteiger partial charge in [0.15, 0.2) is 0 Å². The van der Waals surface area contributed by atoms with Crippen molar-refractivity contribution in [1.82, 2.24) is 25.0 Å². The van der Waals surface area contributed by atoms with Gasteiger partial charge in [-0.15, -0.1) is 12.4 Å². The molecule has 152 valence electrons. The molecule has 1 aliphatic heterocycles. The van der Waals surface area contributed by atoms with Gasteiger partial charge in [-0.25, -0.2) is 4.39 Å². The van der Waals surface area contributed by atoms with Crippen LogP contribution in [0.2, 0.25) is 0 Å². The van der Waals surface area contributed by atoms with Crippen LogP contribution in [-0.2, 0) is 11.3 Å². The van der Waals surface area contributed by atoms with E-state index in [9.17, 15) is 9.18 Å². The molecule has 1 unspecified atom stereocenters. The number of fused-ring (bicyclic) bond motifs is 1. The first-order valence-electron chi connectivity index (χ1n) is 9.23. The van der Waals surface area contributed by atoms with Gasteiger partial charge in [0.2, 0.25) is 5.91 Å². The molecule has 1 aromatic carbocycles. The number of carbonyl (C=O) groups excluding carboxylic acids is 1. The van der Waals surface area contributed by atoms with Gasteiger partial charge < -0.3 is 10.2 Å². The summed E-state index contributed by atoms with van der Waals surface area (Å²) in [6, 6.07) is 10.2. The predicted molar refractivity (Wildman–Crippen MR) is 112 cm³/mol. The van der Waals surface area contributed by atoms with Gasteiger partial charge in [-0.05, 0) is 42.0 Å². The van der Waals surface area contributed by atoms with Crippen molar-refractivity contribution in [2.75, 3.05) is 20.6 Å². The van der Waals surface area contributed by atoms with Crippen molar-refractivity contribution in [2.45, 2.75) is 19.0 Å². The third kappa shape index (κ3) is 4.16. The van der Waals surface area contributed by atoms with Crippen LogP contribution in [0.15, 0.2) is 48.8 Å². The summed E-state index contributed by atoms with van der Waals surface area (Å²) in [7, 11) is 3.52. The van der Waals surface area contributed by atoms with Crippen molar-refractivity contribution in [3.05, 3.63) is 60.3 Å². The average molecular weight is 416 g/mol.